The fourth-order valence-electron chi connectivity index (χ4n) is 2.37. The molecule has 0 aliphatic carbocycles. The molecule has 0 spiro atoms. The number of rotatable bonds is 4. The van der Waals surface area contributed by atoms with Crippen LogP contribution < -0.4 is 16.8 Å². The molecule has 1 aliphatic heterocycles. The van der Waals surface area contributed by atoms with Crippen LogP contribution in [0.1, 0.15) is 16.8 Å². The molecule has 98 valence electrons. The number of nitrogens with two attached hydrogens (primary N) is 2. The number of primary amides is 1. The molecule has 1 aromatic rings. The summed E-state index contributed by atoms with van der Waals surface area (Å²) in [5.74, 6) is 0.168. The quantitative estimate of drug-likeness (QED) is 0.686. The van der Waals surface area contributed by atoms with E-state index in [1.54, 1.807) is 12.1 Å². The summed E-state index contributed by atoms with van der Waals surface area (Å²) in [5.41, 5.74) is 12.8. The summed E-state index contributed by atoms with van der Waals surface area (Å²) >= 11 is 0. The van der Waals surface area contributed by atoms with Gasteiger partial charge in [-0.3, -0.25) is 4.79 Å². The maximum atomic E-state index is 11.3. The summed E-state index contributed by atoms with van der Waals surface area (Å²) in [6.45, 7) is 3.08. The number of anilines is 2. The number of hydrogen-bond donors (Lipinski definition) is 3. The minimum Gasteiger partial charge on any atom is -0.399 e. The maximum absolute atomic E-state index is 11.3. The Kier molecular flexibility index (Phi) is 3.72. The normalized spacial score (nSPS) is 19.9. The average Bonchev–Trinajstić information content (AvgIpc) is 2.73. The van der Waals surface area contributed by atoms with Gasteiger partial charge in [-0.05, 0) is 44.1 Å². The van der Waals surface area contributed by atoms with Gasteiger partial charge in [-0.2, -0.15) is 0 Å². The van der Waals surface area contributed by atoms with Gasteiger partial charge in [0.15, 0.2) is 0 Å². The highest BCUT2D eigenvalue weighted by molar-refractivity contribution is 5.99. The predicted octanol–water partition coefficient (Wildman–Crippen LogP) is 0.731. The zero-order valence-corrected chi connectivity index (χ0v) is 10.6. The van der Waals surface area contributed by atoms with Gasteiger partial charge in [0.25, 0.3) is 5.91 Å². The van der Waals surface area contributed by atoms with Crippen LogP contribution in [-0.4, -0.2) is 37.5 Å². The topological polar surface area (TPSA) is 84.4 Å². The molecule has 5 N–H and O–H groups in total. The van der Waals surface area contributed by atoms with E-state index in [1.807, 2.05) is 6.07 Å². The van der Waals surface area contributed by atoms with E-state index in [1.165, 1.54) is 6.42 Å². The summed E-state index contributed by atoms with van der Waals surface area (Å²) < 4.78 is 0. The van der Waals surface area contributed by atoms with Gasteiger partial charge in [0.05, 0.1) is 5.56 Å². The highest BCUT2D eigenvalue weighted by Crippen LogP contribution is 2.20. The van der Waals surface area contributed by atoms with Crippen molar-refractivity contribution in [1.82, 2.24) is 4.90 Å². The fraction of sp³-hybridized carbons (Fsp3) is 0.462. The van der Waals surface area contributed by atoms with E-state index in [2.05, 4.69) is 17.3 Å². The molecule has 1 fully saturated rings. The van der Waals surface area contributed by atoms with Crippen molar-refractivity contribution in [1.29, 1.82) is 0 Å². The molecular weight excluding hydrogens is 228 g/mol. The third-order valence-corrected chi connectivity index (χ3v) is 3.38. The molecule has 1 heterocycles. The summed E-state index contributed by atoms with van der Waals surface area (Å²) in [6.07, 6.45) is 1.18. The van der Waals surface area contributed by atoms with Crippen LogP contribution in [0.2, 0.25) is 0 Å². The lowest BCUT2D eigenvalue weighted by atomic mass is 10.1. The predicted molar refractivity (Wildman–Crippen MR) is 73.5 cm³/mol. The summed E-state index contributed by atoms with van der Waals surface area (Å²) in [6, 6.07) is 5.20. The number of benzene rings is 1. The van der Waals surface area contributed by atoms with Crippen molar-refractivity contribution in [2.24, 2.45) is 11.7 Å². The molecule has 1 aliphatic rings. The van der Waals surface area contributed by atoms with Crippen LogP contribution in [0.5, 0.6) is 0 Å². The number of amides is 1. The Morgan fingerprint density at radius 1 is 1.56 bits per heavy atom. The number of likely N-dealkylation sites (tertiary alicyclic amines) is 1. The minimum atomic E-state index is -0.451. The third kappa shape index (κ3) is 2.92. The summed E-state index contributed by atoms with van der Waals surface area (Å²) in [4.78, 5) is 13.7. The zero-order chi connectivity index (χ0) is 13.1. The molecule has 1 unspecified atom stereocenters. The Hall–Kier alpha value is -1.75. The number of nitrogens with one attached hydrogen (secondary N) is 1. The van der Waals surface area contributed by atoms with Gasteiger partial charge < -0.3 is 21.7 Å². The van der Waals surface area contributed by atoms with Gasteiger partial charge in [-0.15, -0.1) is 0 Å². The lowest BCUT2D eigenvalue weighted by molar-refractivity contribution is 0.100. The molecule has 1 amide bonds. The van der Waals surface area contributed by atoms with Crippen LogP contribution in [0, 0.1) is 5.92 Å². The standard InChI is InChI=1S/C13H20N4O/c1-17-5-4-9(8-17)7-16-12-3-2-10(14)6-11(12)13(15)18/h2-3,6,9,16H,4-5,7-8,14H2,1H3,(H2,15,18). The van der Waals surface area contributed by atoms with E-state index in [4.69, 9.17) is 11.5 Å². The largest absolute Gasteiger partial charge is 0.399 e. The van der Waals surface area contributed by atoms with Crippen molar-refractivity contribution in [3.05, 3.63) is 23.8 Å². The van der Waals surface area contributed by atoms with Gasteiger partial charge in [0.2, 0.25) is 0 Å². The van der Waals surface area contributed by atoms with E-state index in [9.17, 15) is 4.79 Å². The molecule has 1 saturated heterocycles. The molecule has 1 atom stereocenters. The number of carbonyl (C=O) groups excluding carboxylic acids is 1. The maximum Gasteiger partial charge on any atom is 0.250 e. The monoisotopic (exact) mass is 248 g/mol. The van der Waals surface area contributed by atoms with Crippen molar-refractivity contribution in [3.63, 3.8) is 0 Å². The lowest BCUT2D eigenvalue weighted by Gasteiger charge is -2.15. The van der Waals surface area contributed by atoms with Crippen LogP contribution in [-0.2, 0) is 0 Å². The van der Waals surface area contributed by atoms with Crippen LogP contribution in [0.25, 0.3) is 0 Å². The van der Waals surface area contributed by atoms with Gasteiger partial charge in [-0.1, -0.05) is 0 Å². The third-order valence-electron chi connectivity index (χ3n) is 3.38. The first-order chi connectivity index (χ1) is 8.56. The smallest absolute Gasteiger partial charge is 0.250 e. The Morgan fingerprint density at radius 3 is 2.94 bits per heavy atom. The number of nitrogens with zero attached hydrogens (tertiary/aromatic N) is 1. The Bertz CT molecular complexity index is 447. The van der Waals surface area contributed by atoms with Crippen molar-refractivity contribution >= 4 is 17.3 Å². The van der Waals surface area contributed by atoms with Crippen LogP contribution in [0.4, 0.5) is 11.4 Å². The van der Waals surface area contributed by atoms with Gasteiger partial charge in [-0.25, -0.2) is 0 Å². The summed E-state index contributed by atoms with van der Waals surface area (Å²) in [7, 11) is 2.12. The van der Waals surface area contributed by atoms with E-state index >= 15 is 0 Å². The second-order valence-electron chi connectivity index (χ2n) is 4.97. The van der Waals surface area contributed by atoms with Gasteiger partial charge in [0.1, 0.15) is 0 Å². The zero-order valence-electron chi connectivity index (χ0n) is 10.6. The van der Waals surface area contributed by atoms with E-state index in [-0.39, 0.29) is 0 Å². The van der Waals surface area contributed by atoms with Gasteiger partial charge >= 0.3 is 0 Å². The van der Waals surface area contributed by atoms with Crippen molar-refractivity contribution < 1.29 is 4.79 Å². The molecule has 5 nitrogen and oxygen atoms in total. The molecule has 0 saturated carbocycles. The van der Waals surface area contributed by atoms with Crippen molar-refractivity contribution in [2.45, 2.75) is 6.42 Å². The fourth-order valence-corrected chi connectivity index (χ4v) is 2.37. The van der Waals surface area contributed by atoms with Gasteiger partial charge in [0, 0.05) is 24.5 Å². The second-order valence-corrected chi connectivity index (χ2v) is 4.97. The first-order valence-electron chi connectivity index (χ1n) is 6.18. The Morgan fingerprint density at radius 2 is 2.33 bits per heavy atom. The highest BCUT2D eigenvalue weighted by Gasteiger charge is 2.19. The van der Waals surface area contributed by atoms with Crippen LogP contribution in [0.15, 0.2) is 18.2 Å². The summed E-state index contributed by atoms with van der Waals surface area (Å²) in [5, 5.41) is 3.30. The molecule has 0 radical (unpaired) electrons. The number of hydrogen-bond acceptors (Lipinski definition) is 4. The molecule has 0 aromatic heterocycles. The molecule has 0 bridgehead atoms. The van der Waals surface area contributed by atoms with E-state index in [0.717, 1.165) is 25.3 Å². The second kappa shape index (κ2) is 5.27. The first-order valence-corrected chi connectivity index (χ1v) is 6.18. The first kappa shape index (κ1) is 12.7. The van der Waals surface area contributed by atoms with E-state index < -0.39 is 5.91 Å². The molecule has 5 heteroatoms. The number of nitrogen functional groups attached to an aromatic ring is 1. The van der Waals surface area contributed by atoms with E-state index in [0.29, 0.717) is 17.2 Å². The highest BCUT2D eigenvalue weighted by atomic mass is 16.1. The Labute approximate surface area is 107 Å². The lowest BCUT2D eigenvalue weighted by Crippen LogP contribution is -2.21. The van der Waals surface area contributed by atoms with Crippen molar-refractivity contribution in [3.8, 4) is 0 Å². The van der Waals surface area contributed by atoms with Crippen molar-refractivity contribution in [2.75, 3.05) is 37.7 Å². The molecule has 18 heavy (non-hydrogen) atoms. The Balaban J connectivity index is 2.02. The average molecular weight is 248 g/mol. The SMILES string of the molecule is CN1CCC(CNc2ccc(N)cc2C(N)=O)C1. The minimum absolute atomic E-state index is 0.451. The number of carbonyl (C=O) groups is 1. The molecule has 1 aromatic carbocycles. The van der Waals surface area contributed by atoms with Crippen LogP contribution in [0.3, 0.4) is 0 Å². The molecular formula is C13H20N4O. The van der Waals surface area contributed by atoms with Crippen LogP contribution >= 0.6 is 0 Å². The molecule has 2 rings (SSSR count).